The molecule has 0 aliphatic carbocycles. The molecule has 0 aliphatic heterocycles. The lowest BCUT2D eigenvalue weighted by molar-refractivity contribution is 0.306. The standard InChI is InChI=1S/C32H21FN4OS/c33-26-15-13-22(14-16-26)21-38-28-10-6-7-23(18-28)31-25(20-37(36-31)27-8-2-1-3-9-27)17-24(19-34)32-35-29-11-4-5-12-30(29)39-32/h1-18,20H,21H2/b24-17-. The molecule has 2 heterocycles. The predicted molar refractivity (Wildman–Crippen MR) is 153 cm³/mol. The fourth-order valence-electron chi connectivity index (χ4n) is 4.20. The Labute approximate surface area is 228 Å². The summed E-state index contributed by atoms with van der Waals surface area (Å²) in [5.41, 5.74) is 5.44. The maximum atomic E-state index is 13.3. The van der Waals surface area contributed by atoms with Crippen molar-refractivity contribution in [2.75, 3.05) is 0 Å². The van der Waals surface area contributed by atoms with E-state index in [2.05, 4.69) is 11.1 Å². The molecule has 0 saturated heterocycles. The minimum Gasteiger partial charge on any atom is -0.489 e. The van der Waals surface area contributed by atoms with Gasteiger partial charge in [0.25, 0.3) is 0 Å². The summed E-state index contributed by atoms with van der Waals surface area (Å²) in [6, 6.07) is 33.9. The molecule has 7 heteroatoms. The number of ether oxygens (including phenoxy) is 1. The Morgan fingerprint density at radius 3 is 2.54 bits per heavy atom. The summed E-state index contributed by atoms with van der Waals surface area (Å²) in [4.78, 5) is 4.68. The van der Waals surface area contributed by atoms with E-state index in [-0.39, 0.29) is 5.82 Å². The third-order valence-electron chi connectivity index (χ3n) is 6.13. The molecule has 0 unspecified atom stereocenters. The highest BCUT2D eigenvalue weighted by Crippen LogP contribution is 2.32. The first-order chi connectivity index (χ1) is 19.2. The van der Waals surface area contributed by atoms with Crippen LogP contribution in [-0.2, 0) is 6.61 Å². The second kappa shape index (κ2) is 10.7. The summed E-state index contributed by atoms with van der Waals surface area (Å²) in [6.07, 6.45) is 3.76. The Kier molecular flexibility index (Phi) is 6.69. The molecule has 0 saturated carbocycles. The smallest absolute Gasteiger partial charge is 0.135 e. The van der Waals surface area contributed by atoms with Crippen molar-refractivity contribution >= 4 is 33.2 Å². The van der Waals surface area contributed by atoms with Crippen molar-refractivity contribution in [3.05, 3.63) is 131 Å². The summed E-state index contributed by atoms with van der Waals surface area (Å²) in [6.45, 7) is 0.311. The van der Waals surface area contributed by atoms with Crippen molar-refractivity contribution in [3.63, 3.8) is 0 Å². The molecule has 0 aliphatic rings. The Hall–Kier alpha value is -5.06. The van der Waals surface area contributed by atoms with E-state index in [1.54, 1.807) is 16.8 Å². The zero-order valence-electron chi connectivity index (χ0n) is 20.7. The minimum atomic E-state index is -0.280. The van der Waals surface area contributed by atoms with Crippen molar-refractivity contribution in [3.8, 4) is 28.8 Å². The van der Waals surface area contributed by atoms with Gasteiger partial charge in [0.1, 0.15) is 34.9 Å². The molecule has 0 fully saturated rings. The monoisotopic (exact) mass is 528 g/mol. The van der Waals surface area contributed by atoms with Gasteiger partial charge >= 0.3 is 0 Å². The molecule has 0 amide bonds. The Morgan fingerprint density at radius 1 is 0.949 bits per heavy atom. The molecule has 0 radical (unpaired) electrons. The van der Waals surface area contributed by atoms with Crippen molar-refractivity contribution in [2.45, 2.75) is 6.61 Å². The van der Waals surface area contributed by atoms with Crippen LogP contribution in [0.25, 0.3) is 38.8 Å². The molecule has 5 nitrogen and oxygen atoms in total. The van der Waals surface area contributed by atoms with Crippen molar-refractivity contribution in [1.82, 2.24) is 14.8 Å². The van der Waals surface area contributed by atoms with Gasteiger partial charge in [0.05, 0.1) is 21.5 Å². The zero-order valence-corrected chi connectivity index (χ0v) is 21.5. The molecule has 2 aromatic heterocycles. The molecular formula is C32H21FN4OS. The van der Waals surface area contributed by atoms with Gasteiger partial charge in [-0.2, -0.15) is 10.4 Å². The minimum absolute atomic E-state index is 0.280. The van der Waals surface area contributed by atoms with Gasteiger partial charge in [0.15, 0.2) is 0 Å². The van der Waals surface area contributed by atoms with E-state index in [1.807, 2.05) is 91.1 Å². The molecule has 0 spiro atoms. The van der Waals surface area contributed by atoms with Gasteiger partial charge in [-0.1, -0.05) is 54.6 Å². The van der Waals surface area contributed by atoms with Gasteiger partial charge in [0, 0.05) is 17.3 Å². The van der Waals surface area contributed by atoms with Gasteiger partial charge in [-0.25, -0.2) is 14.1 Å². The van der Waals surface area contributed by atoms with E-state index in [0.717, 1.165) is 32.6 Å². The molecule has 6 rings (SSSR count). The number of benzene rings is 4. The fraction of sp³-hybridized carbons (Fsp3) is 0.0312. The summed E-state index contributed by atoms with van der Waals surface area (Å²) >= 11 is 1.49. The highest BCUT2D eigenvalue weighted by atomic mass is 32.1. The third kappa shape index (κ3) is 5.33. The number of halogens is 1. The number of nitrogens with zero attached hydrogens (tertiary/aromatic N) is 4. The molecule has 188 valence electrons. The van der Waals surface area contributed by atoms with Crippen LogP contribution in [0.2, 0.25) is 0 Å². The molecule has 6 aromatic rings. The lowest BCUT2D eigenvalue weighted by atomic mass is 10.1. The largest absolute Gasteiger partial charge is 0.489 e. The third-order valence-corrected chi connectivity index (χ3v) is 7.20. The van der Waals surface area contributed by atoms with E-state index in [9.17, 15) is 9.65 Å². The average molecular weight is 529 g/mol. The van der Waals surface area contributed by atoms with Crippen LogP contribution in [-0.4, -0.2) is 14.8 Å². The quantitative estimate of drug-likeness (QED) is 0.197. The van der Waals surface area contributed by atoms with Gasteiger partial charge in [0.2, 0.25) is 0 Å². The number of hydrogen-bond acceptors (Lipinski definition) is 5. The van der Waals surface area contributed by atoms with Crippen LogP contribution >= 0.6 is 11.3 Å². The van der Waals surface area contributed by atoms with Crippen molar-refractivity contribution < 1.29 is 9.13 Å². The summed E-state index contributed by atoms with van der Waals surface area (Å²) in [5.74, 6) is 0.380. The van der Waals surface area contributed by atoms with Crippen LogP contribution in [0.4, 0.5) is 4.39 Å². The highest BCUT2D eigenvalue weighted by Gasteiger charge is 2.15. The molecule has 4 aromatic carbocycles. The van der Waals surface area contributed by atoms with Crippen LogP contribution < -0.4 is 4.74 Å². The molecular weight excluding hydrogens is 507 g/mol. The first kappa shape index (κ1) is 24.3. The first-order valence-electron chi connectivity index (χ1n) is 12.3. The Bertz CT molecular complexity index is 1800. The van der Waals surface area contributed by atoms with Crippen LogP contribution in [0.5, 0.6) is 5.75 Å². The Morgan fingerprint density at radius 2 is 1.74 bits per heavy atom. The van der Waals surface area contributed by atoms with Gasteiger partial charge < -0.3 is 4.74 Å². The van der Waals surface area contributed by atoms with Crippen LogP contribution in [0.15, 0.2) is 109 Å². The SMILES string of the molecule is N#C/C(=C/c1cn(-c2ccccc2)nc1-c1cccc(OCc2ccc(F)cc2)c1)c1nc2ccccc2s1. The number of rotatable bonds is 7. The summed E-state index contributed by atoms with van der Waals surface area (Å²) in [7, 11) is 0. The van der Waals surface area contributed by atoms with Gasteiger partial charge in [-0.15, -0.1) is 11.3 Å². The summed E-state index contributed by atoms with van der Waals surface area (Å²) < 4.78 is 22.1. The van der Waals surface area contributed by atoms with Crippen molar-refractivity contribution in [1.29, 1.82) is 5.26 Å². The van der Waals surface area contributed by atoms with E-state index in [1.165, 1.54) is 23.5 Å². The number of aromatic nitrogens is 3. The van der Waals surface area contributed by atoms with Gasteiger partial charge in [-0.3, -0.25) is 0 Å². The molecule has 39 heavy (non-hydrogen) atoms. The summed E-state index contributed by atoms with van der Waals surface area (Å²) in [5, 5.41) is 15.6. The highest BCUT2D eigenvalue weighted by molar-refractivity contribution is 7.19. The number of allylic oxidation sites excluding steroid dienone is 1. The number of fused-ring (bicyclic) bond motifs is 1. The van der Waals surface area contributed by atoms with Crippen LogP contribution in [0, 0.1) is 17.1 Å². The molecule has 0 N–H and O–H groups in total. The molecule has 0 atom stereocenters. The fourth-order valence-corrected chi connectivity index (χ4v) is 5.13. The average Bonchev–Trinajstić information content (AvgIpc) is 3.61. The Balaban J connectivity index is 1.39. The van der Waals surface area contributed by atoms with E-state index >= 15 is 0 Å². The van der Waals surface area contributed by atoms with E-state index in [0.29, 0.717) is 28.6 Å². The second-order valence-electron chi connectivity index (χ2n) is 8.81. The predicted octanol–water partition coefficient (Wildman–Crippen LogP) is 7.93. The lowest BCUT2D eigenvalue weighted by Crippen LogP contribution is -1.96. The van der Waals surface area contributed by atoms with Crippen molar-refractivity contribution in [2.24, 2.45) is 0 Å². The maximum absolute atomic E-state index is 13.3. The normalized spacial score (nSPS) is 11.4. The number of thiazole rings is 1. The van der Waals surface area contributed by atoms with E-state index < -0.39 is 0 Å². The van der Waals surface area contributed by atoms with Gasteiger partial charge in [-0.05, 0) is 60.2 Å². The van der Waals surface area contributed by atoms with Crippen LogP contribution in [0.1, 0.15) is 16.1 Å². The topological polar surface area (TPSA) is 63.7 Å². The number of hydrogen-bond donors (Lipinski definition) is 0. The maximum Gasteiger partial charge on any atom is 0.135 e. The zero-order chi connectivity index (χ0) is 26.6. The number of nitriles is 1. The number of para-hydroxylation sites is 2. The first-order valence-corrected chi connectivity index (χ1v) is 13.1. The lowest BCUT2D eigenvalue weighted by Gasteiger charge is -2.08. The van der Waals surface area contributed by atoms with Crippen LogP contribution in [0.3, 0.4) is 0 Å². The molecule has 0 bridgehead atoms. The second-order valence-corrected chi connectivity index (χ2v) is 9.84. The van der Waals surface area contributed by atoms with E-state index in [4.69, 9.17) is 9.84 Å².